The number of nitrogens with one attached hydrogen (secondary N) is 1. The molecule has 2 aromatic carbocycles. The van der Waals surface area contributed by atoms with Crippen LogP contribution in [0, 0.1) is 0 Å². The molecule has 0 saturated heterocycles. The Bertz CT molecular complexity index is 775. The normalized spacial score (nSPS) is 11.9. The second kappa shape index (κ2) is 7.06. The van der Waals surface area contributed by atoms with Crippen LogP contribution in [0.15, 0.2) is 65.8 Å². The number of anilines is 1. The number of thioether (sulfide) groups is 1. The van der Waals surface area contributed by atoms with Gasteiger partial charge >= 0.3 is 0 Å². The standard InChI is InChI=1S/C16H15N5OS/c1-12(15(22)17-13-8-4-2-5-9-13)23-16-18-19-20-21(16)14-10-6-3-7-11-14/h2-12H,1H3,(H,17,22)/t12-/m0/s1. The van der Waals surface area contributed by atoms with Crippen LogP contribution in [0.1, 0.15) is 6.92 Å². The molecule has 0 aliphatic carbocycles. The molecule has 1 atom stereocenters. The van der Waals surface area contributed by atoms with Crippen molar-refractivity contribution in [2.24, 2.45) is 0 Å². The SMILES string of the molecule is C[C@H](Sc1nnnn1-c1ccccc1)C(=O)Nc1ccccc1. The number of tetrazole rings is 1. The third-order valence-electron chi connectivity index (χ3n) is 3.13. The average Bonchev–Trinajstić information content (AvgIpc) is 3.04. The van der Waals surface area contributed by atoms with Crippen molar-refractivity contribution in [3.05, 3.63) is 60.7 Å². The first-order valence-corrected chi connectivity index (χ1v) is 7.98. The minimum Gasteiger partial charge on any atom is -0.325 e. The highest BCUT2D eigenvalue weighted by Crippen LogP contribution is 2.23. The molecular weight excluding hydrogens is 310 g/mol. The minimum absolute atomic E-state index is 0.0937. The maximum Gasteiger partial charge on any atom is 0.237 e. The third-order valence-corrected chi connectivity index (χ3v) is 4.17. The second-order valence-electron chi connectivity index (χ2n) is 4.82. The smallest absolute Gasteiger partial charge is 0.237 e. The molecule has 23 heavy (non-hydrogen) atoms. The lowest BCUT2D eigenvalue weighted by Gasteiger charge is -2.11. The lowest BCUT2D eigenvalue weighted by molar-refractivity contribution is -0.115. The Morgan fingerprint density at radius 3 is 2.43 bits per heavy atom. The lowest BCUT2D eigenvalue weighted by atomic mass is 10.3. The Balaban J connectivity index is 1.70. The number of nitrogens with zero attached hydrogens (tertiary/aromatic N) is 4. The fourth-order valence-electron chi connectivity index (χ4n) is 1.96. The molecule has 3 aromatic rings. The highest BCUT2D eigenvalue weighted by Gasteiger charge is 2.19. The Labute approximate surface area is 137 Å². The van der Waals surface area contributed by atoms with E-state index in [4.69, 9.17) is 0 Å². The summed E-state index contributed by atoms with van der Waals surface area (Å²) in [5, 5.41) is 14.8. The first-order valence-electron chi connectivity index (χ1n) is 7.10. The fraction of sp³-hybridized carbons (Fsp3) is 0.125. The first-order chi connectivity index (χ1) is 11.2. The van der Waals surface area contributed by atoms with Crippen molar-refractivity contribution < 1.29 is 4.79 Å². The number of amides is 1. The van der Waals surface area contributed by atoms with Gasteiger partial charge in [-0.15, -0.1) is 5.10 Å². The number of benzene rings is 2. The van der Waals surface area contributed by atoms with Crippen LogP contribution in [0.2, 0.25) is 0 Å². The van der Waals surface area contributed by atoms with E-state index in [1.54, 1.807) is 4.68 Å². The number of hydrogen-bond acceptors (Lipinski definition) is 5. The van der Waals surface area contributed by atoms with Crippen molar-refractivity contribution in [1.29, 1.82) is 0 Å². The molecule has 116 valence electrons. The predicted molar refractivity (Wildman–Crippen MR) is 89.5 cm³/mol. The van der Waals surface area contributed by atoms with Crippen molar-refractivity contribution in [2.45, 2.75) is 17.3 Å². The molecular formula is C16H15N5OS. The molecule has 0 unspecified atom stereocenters. The summed E-state index contributed by atoms with van der Waals surface area (Å²) >= 11 is 1.31. The van der Waals surface area contributed by atoms with Gasteiger partial charge in [0, 0.05) is 5.69 Å². The number of rotatable bonds is 5. The maximum absolute atomic E-state index is 12.3. The van der Waals surface area contributed by atoms with Crippen LogP contribution in [-0.2, 0) is 4.79 Å². The summed E-state index contributed by atoms with van der Waals surface area (Å²) in [5.74, 6) is -0.0937. The van der Waals surface area contributed by atoms with E-state index >= 15 is 0 Å². The van der Waals surface area contributed by atoms with E-state index in [0.717, 1.165) is 11.4 Å². The van der Waals surface area contributed by atoms with Crippen molar-refractivity contribution >= 4 is 23.4 Å². The van der Waals surface area contributed by atoms with Gasteiger partial charge in [-0.2, -0.15) is 4.68 Å². The van der Waals surface area contributed by atoms with Crippen molar-refractivity contribution in [2.75, 3.05) is 5.32 Å². The maximum atomic E-state index is 12.3. The molecule has 3 rings (SSSR count). The monoisotopic (exact) mass is 325 g/mol. The van der Waals surface area contributed by atoms with Crippen molar-refractivity contribution in [1.82, 2.24) is 20.2 Å². The van der Waals surface area contributed by atoms with Gasteiger partial charge in [-0.3, -0.25) is 4.79 Å². The quantitative estimate of drug-likeness (QED) is 0.730. The molecule has 1 aromatic heterocycles. The van der Waals surface area contributed by atoms with E-state index in [1.807, 2.05) is 67.6 Å². The number of carbonyl (C=O) groups excluding carboxylic acids is 1. The average molecular weight is 325 g/mol. The Morgan fingerprint density at radius 2 is 1.74 bits per heavy atom. The molecule has 6 nitrogen and oxygen atoms in total. The molecule has 1 amide bonds. The number of hydrogen-bond donors (Lipinski definition) is 1. The highest BCUT2D eigenvalue weighted by molar-refractivity contribution is 8.00. The van der Waals surface area contributed by atoms with Gasteiger partial charge in [0.05, 0.1) is 10.9 Å². The number of para-hydroxylation sites is 2. The Morgan fingerprint density at radius 1 is 1.09 bits per heavy atom. The molecule has 0 aliphatic rings. The predicted octanol–water partition coefficient (Wildman–Crippen LogP) is 2.78. The number of carbonyl (C=O) groups is 1. The summed E-state index contributed by atoms with van der Waals surface area (Å²) in [6, 6.07) is 18.9. The van der Waals surface area contributed by atoms with Crippen LogP contribution in [0.3, 0.4) is 0 Å². The van der Waals surface area contributed by atoms with Gasteiger partial charge in [-0.05, 0) is 41.6 Å². The van der Waals surface area contributed by atoms with E-state index in [-0.39, 0.29) is 11.2 Å². The van der Waals surface area contributed by atoms with Crippen LogP contribution in [-0.4, -0.2) is 31.4 Å². The van der Waals surface area contributed by atoms with Crippen molar-refractivity contribution in [3.63, 3.8) is 0 Å². The minimum atomic E-state index is -0.330. The second-order valence-corrected chi connectivity index (χ2v) is 6.13. The summed E-state index contributed by atoms with van der Waals surface area (Å²) in [7, 11) is 0. The zero-order valence-electron chi connectivity index (χ0n) is 12.5. The third kappa shape index (κ3) is 3.75. The zero-order chi connectivity index (χ0) is 16.1. The molecule has 1 N–H and O–H groups in total. The van der Waals surface area contributed by atoms with Gasteiger partial charge in [0.1, 0.15) is 0 Å². The van der Waals surface area contributed by atoms with Crippen LogP contribution < -0.4 is 5.32 Å². The van der Waals surface area contributed by atoms with Crippen LogP contribution in [0.25, 0.3) is 5.69 Å². The summed E-state index contributed by atoms with van der Waals surface area (Å²) in [6.45, 7) is 1.83. The summed E-state index contributed by atoms with van der Waals surface area (Å²) in [5.41, 5.74) is 1.63. The first kappa shape index (κ1) is 15.2. The Hall–Kier alpha value is -2.67. The van der Waals surface area contributed by atoms with Crippen LogP contribution in [0.4, 0.5) is 5.69 Å². The van der Waals surface area contributed by atoms with Gasteiger partial charge in [-0.1, -0.05) is 48.2 Å². The molecule has 0 bridgehead atoms. The summed E-state index contributed by atoms with van der Waals surface area (Å²) in [4.78, 5) is 12.3. The molecule has 0 radical (unpaired) electrons. The lowest BCUT2D eigenvalue weighted by Crippen LogP contribution is -2.22. The van der Waals surface area contributed by atoms with Gasteiger partial charge < -0.3 is 5.32 Å². The largest absolute Gasteiger partial charge is 0.325 e. The summed E-state index contributed by atoms with van der Waals surface area (Å²) in [6.07, 6.45) is 0. The van der Waals surface area contributed by atoms with Gasteiger partial charge in [0.25, 0.3) is 0 Å². The van der Waals surface area contributed by atoms with E-state index < -0.39 is 0 Å². The van der Waals surface area contributed by atoms with Crippen LogP contribution >= 0.6 is 11.8 Å². The van der Waals surface area contributed by atoms with Gasteiger partial charge in [-0.25, -0.2) is 0 Å². The summed E-state index contributed by atoms with van der Waals surface area (Å²) < 4.78 is 1.62. The highest BCUT2D eigenvalue weighted by atomic mass is 32.2. The Kier molecular flexibility index (Phi) is 4.68. The molecule has 0 aliphatic heterocycles. The molecule has 0 fully saturated rings. The molecule has 0 spiro atoms. The fourth-order valence-corrected chi connectivity index (χ4v) is 2.77. The van der Waals surface area contributed by atoms with E-state index in [9.17, 15) is 4.79 Å². The molecule has 7 heteroatoms. The van der Waals surface area contributed by atoms with E-state index in [2.05, 4.69) is 20.8 Å². The number of aromatic nitrogens is 4. The van der Waals surface area contributed by atoms with Crippen molar-refractivity contribution in [3.8, 4) is 5.69 Å². The molecule has 1 heterocycles. The topological polar surface area (TPSA) is 72.7 Å². The molecule has 0 saturated carbocycles. The van der Waals surface area contributed by atoms with Gasteiger partial charge in [0.15, 0.2) is 0 Å². The zero-order valence-corrected chi connectivity index (χ0v) is 13.3. The van der Waals surface area contributed by atoms with E-state index in [0.29, 0.717) is 5.16 Å². The van der Waals surface area contributed by atoms with Crippen LogP contribution in [0.5, 0.6) is 0 Å². The van der Waals surface area contributed by atoms with Gasteiger partial charge in [0.2, 0.25) is 11.1 Å². The van der Waals surface area contributed by atoms with E-state index in [1.165, 1.54) is 11.8 Å².